The topological polar surface area (TPSA) is 73.1 Å². The largest absolute Gasteiger partial charge is 0.459 e. The quantitative estimate of drug-likeness (QED) is 0.561. The van der Waals surface area contributed by atoms with Gasteiger partial charge in [0.1, 0.15) is 0 Å². The Morgan fingerprint density at radius 1 is 1.12 bits per heavy atom. The van der Waals surface area contributed by atoms with Crippen molar-refractivity contribution < 1.29 is 8.83 Å². The first-order valence-electron chi connectivity index (χ1n) is 8.87. The molecule has 0 aliphatic carbocycles. The van der Waals surface area contributed by atoms with Crippen molar-refractivity contribution in [2.45, 2.75) is 25.4 Å². The standard InChI is InChI=1S/C19H19N5O2/c1-2-7-16-15(6-1)20-13-24(16)14-5-3-9-23(11-14)12-18-21-22-19(26-18)17-8-4-10-25-17/h1-2,4,6-8,10,13-14H,3,5,9,11-12H2/t14-/m1/s1. The summed E-state index contributed by atoms with van der Waals surface area (Å²) in [5.41, 5.74) is 2.24. The van der Waals surface area contributed by atoms with E-state index in [4.69, 9.17) is 8.83 Å². The zero-order valence-electron chi connectivity index (χ0n) is 14.3. The third-order valence-corrected chi connectivity index (χ3v) is 4.91. The first-order chi connectivity index (χ1) is 12.9. The van der Waals surface area contributed by atoms with Crippen LogP contribution in [0.15, 0.2) is 57.8 Å². The molecule has 4 heterocycles. The third-order valence-electron chi connectivity index (χ3n) is 4.91. The van der Waals surface area contributed by atoms with Gasteiger partial charge in [-0.25, -0.2) is 4.98 Å². The summed E-state index contributed by atoms with van der Waals surface area (Å²) >= 11 is 0. The van der Waals surface area contributed by atoms with Gasteiger partial charge in [-0.1, -0.05) is 12.1 Å². The zero-order chi connectivity index (χ0) is 17.3. The molecule has 4 aromatic rings. The lowest BCUT2D eigenvalue weighted by Crippen LogP contribution is -2.36. The molecule has 0 bridgehead atoms. The Hall–Kier alpha value is -2.93. The molecule has 0 unspecified atom stereocenters. The van der Waals surface area contributed by atoms with Crippen molar-refractivity contribution in [2.75, 3.05) is 13.1 Å². The van der Waals surface area contributed by atoms with Crippen molar-refractivity contribution in [3.8, 4) is 11.7 Å². The lowest BCUT2D eigenvalue weighted by molar-refractivity contribution is 0.159. The van der Waals surface area contributed by atoms with E-state index in [0.29, 0.717) is 30.1 Å². The number of nitrogens with zero attached hydrogens (tertiary/aromatic N) is 5. The van der Waals surface area contributed by atoms with E-state index in [-0.39, 0.29) is 0 Å². The second kappa shape index (κ2) is 6.42. The molecule has 1 fully saturated rings. The van der Waals surface area contributed by atoms with Gasteiger partial charge in [0.05, 0.1) is 30.2 Å². The summed E-state index contributed by atoms with van der Waals surface area (Å²) in [4.78, 5) is 6.89. The van der Waals surface area contributed by atoms with Gasteiger partial charge in [-0.3, -0.25) is 4.90 Å². The molecular weight excluding hydrogens is 330 g/mol. The van der Waals surface area contributed by atoms with Crippen molar-refractivity contribution in [1.29, 1.82) is 0 Å². The van der Waals surface area contributed by atoms with E-state index >= 15 is 0 Å². The lowest BCUT2D eigenvalue weighted by Gasteiger charge is -2.32. The molecule has 0 saturated carbocycles. The van der Waals surface area contributed by atoms with Gasteiger partial charge in [0.25, 0.3) is 5.89 Å². The molecule has 0 spiro atoms. The SMILES string of the molecule is c1coc(-c2nnc(CN3CCC[C@@H](n4cnc5ccccc54)C3)o2)c1. The first kappa shape index (κ1) is 15.3. The number of hydrogen-bond donors (Lipinski definition) is 0. The number of likely N-dealkylation sites (tertiary alicyclic amines) is 1. The highest BCUT2D eigenvalue weighted by molar-refractivity contribution is 5.75. The summed E-state index contributed by atoms with van der Waals surface area (Å²) in [6.07, 6.45) is 5.85. The fourth-order valence-electron chi connectivity index (χ4n) is 3.68. The molecule has 0 radical (unpaired) electrons. The third kappa shape index (κ3) is 2.80. The van der Waals surface area contributed by atoms with Crippen LogP contribution in [0, 0.1) is 0 Å². The highest BCUT2D eigenvalue weighted by atomic mass is 16.4. The molecule has 1 aromatic carbocycles. The number of hydrogen-bond acceptors (Lipinski definition) is 6. The summed E-state index contributed by atoms with van der Waals surface area (Å²) in [5.74, 6) is 1.65. The van der Waals surface area contributed by atoms with Gasteiger partial charge in [0.15, 0.2) is 5.76 Å². The summed E-state index contributed by atoms with van der Waals surface area (Å²) in [6.45, 7) is 2.62. The second-order valence-corrected chi connectivity index (χ2v) is 6.65. The van der Waals surface area contributed by atoms with Gasteiger partial charge in [0, 0.05) is 12.6 Å². The predicted molar refractivity (Wildman–Crippen MR) is 95.3 cm³/mol. The van der Waals surface area contributed by atoms with Gasteiger partial charge in [-0.05, 0) is 43.7 Å². The van der Waals surface area contributed by atoms with Crippen molar-refractivity contribution in [3.05, 3.63) is 54.9 Å². The highest BCUT2D eigenvalue weighted by Crippen LogP contribution is 2.27. The van der Waals surface area contributed by atoms with E-state index in [1.54, 1.807) is 6.26 Å². The normalized spacial score (nSPS) is 18.5. The van der Waals surface area contributed by atoms with Crippen LogP contribution >= 0.6 is 0 Å². The molecule has 1 aliphatic rings. The summed E-state index contributed by atoms with van der Waals surface area (Å²) in [6, 6.07) is 12.3. The number of imidazole rings is 1. The summed E-state index contributed by atoms with van der Waals surface area (Å²) in [5, 5.41) is 8.25. The smallest absolute Gasteiger partial charge is 0.283 e. The fourth-order valence-corrected chi connectivity index (χ4v) is 3.68. The van der Waals surface area contributed by atoms with Crippen LogP contribution in [0.25, 0.3) is 22.7 Å². The number of benzene rings is 1. The van der Waals surface area contributed by atoms with E-state index in [0.717, 1.165) is 31.4 Å². The van der Waals surface area contributed by atoms with Crippen LogP contribution in [0.1, 0.15) is 24.8 Å². The van der Waals surface area contributed by atoms with Crippen molar-refractivity contribution in [1.82, 2.24) is 24.6 Å². The van der Waals surface area contributed by atoms with Gasteiger partial charge in [-0.2, -0.15) is 0 Å². The van der Waals surface area contributed by atoms with Crippen molar-refractivity contribution >= 4 is 11.0 Å². The van der Waals surface area contributed by atoms with Crippen LogP contribution in [0.3, 0.4) is 0 Å². The second-order valence-electron chi connectivity index (χ2n) is 6.65. The number of fused-ring (bicyclic) bond motifs is 1. The average molecular weight is 349 g/mol. The Kier molecular flexibility index (Phi) is 3.79. The van der Waals surface area contributed by atoms with Gasteiger partial charge in [-0.15, -0.1) is 10.2 Å². The number of piperidine rings is 1. The Morgan fingerprint density at radius 3 is 3.00 bits per heavy atom. The van der Waals surface area contributed by atoms with Crippen LogP contribution in [0.2, 0.25) is 0 Å². The molecule has 1 atom stereocenters. The number of aromatic nitrogens is 4. The van der Waals surface area contributed by atoms with Crippen molar-refractivity contribution in [2.24, 2.45) is 0 Å². The average Bonchev–Trinajstić information content (AvgIpc) is 3.42. The van der Waals surface area contributed by atoms with Crippen molar-refractivity contribution in [3.63, 3.8) is 0 Å². The maximum Gasteiger partial charge on any atom is 0.283 e. The van der Waals surface area contributed by atoms with Crippen LogP contribution in [0.5, 0.6) is 0 Å². The molecule has 26 heavy (non-hydrogen) atoms. The van der Waals surface area contributed by atoms with E-state index in [1.165, 1.54) is 5.52 Å². The first-order valence-corrected chi connectivity index (χ1v) is 8.87. The predicted octanol–water partition coefficient (Wildman–Crippen LogP) is 3.52. The molecular formula is C19H19N5O2. The number of para-hydroxylation sites is 2. The van der Waals surface area contributed by atoms with Gasteiger partial charge in [0.2, 0.25) is 5.89 Å². The fraction of sp³-hybridized carbons (Fsp3) is 0.316. The number of rotatable bonds is 4. The molecule has 5 rings (SSSR count). The van der Waals surface area contributed by atoms with Gasteiger partial charge >= 0.3 is 0 Å². The molecule has 1 aliphatic heterocycles. The van der Waals surface area contributed by atoms with Crippen LogP contribution < -0.4 is 0 Å². The molecule has 1 saturated heterocycles. The Morgan fingerprint density at radius 2 is 2.08 bits per heavy atom. The van der Waals surface area contributed by atoms with Crippen LogP contribution in [-0.4, -0.2) is 37.7 Å². The van der Waals surface area contributed by atoms with E-state index in [1.807, 2.05) is 24.5 Å². The highest BCUT2D eigenvalue weighted by Gasteiger charge is 2.24. The summed E-state index contributed by atoms with van der Waals surface area (Å²) in [7, 11) is 0. The molecule has 0 N–H and O–H groups in total. The van der Waals surface area contributed by atoms with E-state index in [2.05, 4.69) is 42.8 Å². The van der Waals surface area contributed by atoms with E-state index < -0.39 is 0 Å². The summed E-state index contributed by atoms with van der Waals surface area (Å²) < 4.78 is 13.4. The minimum absolute atomic E-state index is 0.406. The Bertz CT molecular complexity index is 1000. The molecule has 7 nitrogen and oxygen atoms in total. The molecule has 0 amide bonds. The minimum Gasteiger partial charge on any atom is -0.459 e. The van der Waals surface area contributed by atoms with Gasteiger partial charge < -0.3 is 13.4 Å². The van der Waals surface area contributed by atoms with Crippen LogP contribution in [0.4, 0.5) is 0 Å². The zero-order valence-corrected chi connectivity index (χ0v) is 14.3. The van der Waals surface area contributed by atoms with Crippen LogP contribution in [-0.2, 0) is 6.54 Å². The monoisotopic (exact) mass is 349 g/mol. The number of furan rings is 1. The van der Waals surface area contributed by atoms with E-state index in [9.17, 15) is 0 Å². The minimum atomic E-state index is 0.406. The lowest BCUT2D eigenvalue weighted by atomic mass is 10.1. The Balaban J connectivity index is 1.32. The molecule has 132 valence electrons. The molecule has 3 aromatic heterocycles. The molecule has 7 heteroatoms. The Labute approximate surface area is 150 Å². The maximum atomic E-state index is 5.75. The maximum absolute atomic E-state index is 5.75.